The van der Waals surface area contributed by atoms with Crippen molar-refractivity contribution in [2.45, 2.75) is 12.8 Å². The fraction of sp³-hybridized carbons (Fsp3) is 0.444. The van der Waals surface area contributed by atoms with E-state index < -0.39 is 10.0 Å². The fourth-order valence-electron chi connectivity index (χ4n) is 1.62. The van der Waals surface area contributed by atoms with E-state index in [0.717, 1.165) is 12.8 Å². The van der Waals surface area contributed by atoms with Gasteiger partial charge in [0, 0.05) is 6.54 Å². The Balaban J connectivity index is 2.33. The lowest BCUT2D eigenvalue weighted by atomic mass is 10.3. The first-order valence-corrected chi connectivity index (χ1v) is 6.42. The summed E-state index contributed by atoms with van der Waals surface area (Å²) in [5, 5.41) is 0. The summed E-state index contributed by atoms with van der Waals surface area (Å²) < 4.78 is 24.9. The molecule has 1 aromatic heterocycles. The van der Waals surface area contributed by atoms with Gasteiger partial charge in [0.1, 0.15) is 5.82 Å². The van der Waals surface area contributed by atoms with Gasteiger partial charge in [0.15, 0.2) is 0 Å². The molecule has 0 aliphatic carbocycles. The van der Waals surface area contributed by atoms with Crippen LogP contribution in [-0.2, 0) is 10.0 Å². The fourth-order valence-corrected chi connectivity index (χ4v) is 3.25. The number of pyridine rings is 1. The second-order valence-corrected chi connectivity index (χ2v) is 5.55. The van der Waals surface area contributed by atoms with Crippen molar-refractivity contribution in [3.63, 3.8) is 0 Å². The smallest absolute Gasteiger partial charge is 0.235 e. The molecule has 2 heterocycles. The molecule has 1 fully saturated rings. The topological polar surface area (TPSA) is 76.3 Å². The van der Waals surface area contributed by atoms with Crippen molar-refractivity contribution in [2.24, 2.45) is 0 Å². The first-order chi connectivity index (χ1) is 7.09. The summed E-state index contributed by atoms with van der Waals surface area (Å²) in [5.41, 5.74) is 6.05. The van der Waals surface area contributed by atoms with Crippen LogP contribution in [0, 0.1) is 0 Å². The van der Waals surface area contributed by atoms with Crippen LogP contribution >= 0.6 is 0 Å². The van der Waals surface area contributed by atoms with Crippen molar-refractivity contribution >= 4 is 21.5 Å². The molecule has 0 radical (unpaired) electrons. The van der Waals surface area contributed by atoms with Crippen molar-refractivity contribution in [1.82, 2.24) is 4.98 Å². The molecule has 0 atom stereocenters. The SMILES string of the molecule is Nc1ccc(N2CCCCS2(=O)=O)cn1. The minimum absolute atomic E-state index is 0.220. The Morgan fingerprint density at radius 1 is 1.33 bits per heavy atom. The van der Waals surface area contributed by atoms with E-state index in [0.29, 0.717) is 18.1 Å². The van der Waals surface area contributed by atoms with Gasteiger partial charge in [-0.1, -0.05) is 0 Å². The molecule has 2 rings (SSSR count). The van der Waals surface area contributed by atoms with Crippen LogP contribution in [0.4, 0.5) is 11.5 Å². The minimum Gasteiger partial charge on any atom is -0.384 e. The summed E-state index contributed by atoms with van der Waals surface area (Å²) in [6.45, 7) is 0.536. The Hall–Kier alpha value is -1.30. The summed E-state index contributed by atoms with van der Waals surface area (Å²) >= 11 is 0. The molecule has 6 heteroatoms. The number of hydrogen-bond donors (Lipinski definition) is 1. The molecule has 2 N–H and O–H groups in total. The Kier molecular flexibility index (Phi) is 2.52. The molecule has 1 aliphatic heterocycles. The second-order valence-electron chi connectivity index (χ2n) is 3.54. The predicted octanol–water partition coefficient (Wildman–Crippen LogP) is 0.594. The zero-order chi connectivity index (χ0) is 10.9. The Morgan fingerprint density at radius 3 is 2.73 bits per heavy atom. The number of sulfonamides is 1. The molecule has 82 valence electrons. The number of nitrogens with zero attached hydrogens (tertiary/aromatic N) is 2. The monoisotopic (exact) mass is 227 g/mol. The number of anilines is 2. The highest BCUT2D eigenvalue weighted by molar-refractivity contribution is 7.92. The number of hydrogen-bond acceptors (Lipinski definition) is 4. The number of rotatable bonds is 1. The van der Waals surface area contributed by atoms with E-state index in [1.54, 1.807) is 12.1 Å². The lowest BCUT2D eigenvalue weighted by molar-refractivity contribution is 0.574. The normalized spacial score (nSPS) is 20.1. The first-order valence-electron chi connectivity index (χ1n) is 4.81. The average Bonchev–Trinajstić information content (AvgIpc) is 2.19. The van der Waals surface area contributed by atoms with Gasteiger partial charge in [-0.2, -0.15) is 0 Å². The van der Waals surface area contributed by atoms with Crippen LogP contribution in [-0.4, -0.2) is 25.7 Å². The average molecular weight is 227 g/mol. The van der Waals surface area contributed by atoms with E-state index in [2.05, 4.69) is 4.98 Å². The van der Waals surface area contributed by atoms with Gasteiger partial charge in [0.25, 0.3) is 0 Å². The van der Waals surface area contributed by atoms with Crippen LogP contribution in [0.5, 0.6) is 0 Å². The summed E-state index contributed by atoms with van der Waals surface area (Å²) in [7, 11) is -3.14. The molecule has 15 heavy (non-hydrogen) atoms. The maximum absolute atomic E-state index is 11.7. The highest BCUT2D eigenvalue weighted by atomic mass is 32.2. The maximum Gasteiger partial charge on any atom is 0.235 e. The van der Waals surface area contributed by atoms with E-state index in [9.17, 15) is 8.42 Å². The zero-order valence-corrected chi connectivity index (χ0v) is 9.07. The summed E-state index contributed by atoms with van der Waals surface area (Å²) in [5.74, 6) is 0.616. The molecule has 0 saturated carbocycles. The highest BCUT2D eigenvalue weighted by Crippen LogP contribution is 2.22. The highest BCUT2D eigenvalue weighted by Gasteiger charge is 2.25. The van der Waals surface area contributed by atoms with Crippen molar-refractivity contribution in [3.8, 4) is 0 Å². The van der Waals surface area contributed by atoms with E-state index in [1.165, 1.54) is 10.5 Å². The number of aromatic nitrogens is 1. The first kappa shape index (κ1) is 10.2. The van der Waals surface area contributed by atoms with Gasteiger partial charge in [-0.15, -0.1) is 0 Å². The zero-order valence-electron chi connectivity index (χ0n) is 8.26. The summed E-state index contributed by atoms with van der Waals surface area (Å²) in [6, 6.07) is 3.30. The molecule has 1 saturated heterocycles. The van der Waals surface area contributed by atoms with Crippen molar-refractivity contribution in [2.75, 3.05) is 22.3 Å². The molecule has 0 amide bonds. The minimum atomic E-state index is -3.14. The van der Waals surface area contributed by atoms with Gasteiger partial charge >= 0.3 is 0 Å². The molecular formula is C9H13N3O2S. The third kappa shape index (κ3) is 2.04. The molecule has 1 aliphatic rings. The summed E-state index contributed by atoms with van der Waals surface area (Å²) in [6.07, 6.45) is 3.13. The third-order valence-electron chi connectivity index (χ3n) is 2.41. The van der Waals surface area contributed by atoms with Crippen LogP contribution in [0.25, 0.3) is 0 Å². The standard InChI is InChI=1S/C9H13N3O2S/c10-9-4-3-8(7-11-9)12-5-1-2-6-15(12,13)14/h3-4,7H,1-2,5-6H2,(H2,10,11). The molecule has 0 spiro atoms. The number of nitrogen functional groups attached to an aromatic ring is 1. The van der Waals surface area contributed by atoms with E-state index in [-0.39, 0.29) is 5.75 Å². The van der Waals surface area contributed by atoms with Gasteiger partial charge in [-0.05, 0) is 25.0 Å². The molecule has 0 unspecified atom stereocenters. The molecule has 0 bridgehead atoms. The quantitative estimate of drug-likeness (QED) is 0.762. The molecule has 5 nitrogen and oxygen atoms in total. The van der Waals surface area contributed by atoms with Crippen LogP contribution in [0.3, 0.4) is 0 Å². The van der Waals surface area contributed by atoms with Gasteiger partial charge in [-0.25, -0.2) is 13.4 Å². The van der Waals surface area contributed by atoms with Gasteiger partial charge in [-0.3, -0.25) is 4.31 Å². The van der Waals surface area contributed by atoms with Gasteiger partial charge in [0.05, 0.1) is 17.6 Å². The largest absolute Gasteiger partial charge is 0.384 e. The van der Waals surface area contributed by atoms with Crippen LogP contribution in [0.15, 0.2) is 18.3 Å². The van der Waals surface area contributed by atoms with Crippen molar-refractivity contribution in [3.05, 3.63) is 18.3 Å². The van der Waals surface area contributed by atoms with Crippen molar-refractivity contribution in [1.29, 1.82) is 0 Å². The molecule has 0 aromatic carbocycles. The summed E-state index contributed by atoms with van der Waals surface area (Å²) in [4.78, 5) is 3.89. The Morgan fingerprint density at radius 2 is 2.13 bits per heavy atom. The van der Waals surface area contributed by atoms with Gasteiger partial charge < -0.3 is 5.73 Å². The second kappa shape index (κ2) is 3.69. The van der Waals surface area contributed by atoms with Crippen LogP contribution < -0.4 is 10.0 Å². The van der Waals surface area contributed by atoms with E-state index >= 15 is 0 Å². The van der Waals surface area contributed by atoms with Crippen LogP contribution in [0.2, 0.25) is 0 Å². The lowest BCUT2D eigenvalue weighted by Crippen LogP contribution is -2.37. The molecule has 1 aromatic rings. The Bertz CT molecular complexity index is 441. The molecular weight excluding hydrogens is 214 g/mol. The number of nitrogens with two attached hydrogens (primary N) is 1. The predicted molar refractivity (Wildman–Crippen MR) is 59.0 cm³/mol. The maximum atomic E-state index is 11.7. The van der Waals surface area contributed by atoms with Gasteiger partial charge in [0.2, 0.25) is 10.0 Å². The van der Waals surface area contributed by atoms with E-state index in [4.69, 9.17) is 5.73 Å². The van der Waals surface area contributed by atoms with Crippen LogP contribution in [0.1, 0.15) is 12.8 Å². The Labute approximate surface area is 89.0 Å². The third-order valence-corrected chi connectivity index (χ3v) is 4.28. The lowest BCUT2D eigenvalue weighted by Gasteiger charge is -2.27. The van der Waals surface area contributed by atoms with Crippen molar-refractivity contribution < 1.29 is 8.42 Å². The van der Waals surface area contributed by atoms with E-state index in [1.807, 2.05) is 0 Å².